The van der Waals surface area contributed by atoms with Crippen LogP contribution in [0.3, 0.4) is 0 Å². The van der Waals surface area contributed by atoms with Crippen molar-refractivity contribution in [3.63, 3.8) is 0 Å². The normalized spacial score (nSPS) is 13.2. The molecule has 0 aliphatic rings. The van der Waals surface area contributed by atoms with Crippen molar-refractivity contribution in [2.75, 3.05) is 26.4 Å². The fraction of sp³-hybridized carbons (Fsp3) is 0.844. The molecule has 0 aromatic heterocycles. The van der Waals surface area contributed by atoms with E-state index in [-0.39, 0.29) is 38.6 Å². The van der Waals surface area contributed by atoms with Crippen molar-refractivity contribution < 1.29 is 37.6 Å². The van der Waals surface area contributed by atoms with E-state index in [1.54, 1.807) is 0 Å². The van der Waals surface area contributed by atoms with Gasteiger partial charge in [-0.2, -0.15) is 0 Å². The molecular formula is C77H144NO8P. The number of hydrogen-bond acceptors (Lipinski definition) is 8. The zero-order valence-corrected chi connectivity index (χ0v) is 58.4. The Morgan fingerprint density at radius 1 is 0.356 bits per heavy atom. The van der Waals surface area contributed by atoms with Gasteiger partial charge in [0, 0.05) is 19.4 Å². The molecule has 0 saturated heterocycles. The largest absolute Gasteiger partial charge is 0.472 e. The average Bonchev–Trinajstić information content (AvgIpc) is 3.64. The van der Waals surface area contributed by atoms with E-state index in [1.165, 1.54) is 289 Å². The van der Waals surface area contributed by atoms with Crippen LogP contribution in [0.5, 0.6) is 0 Å². The molecule has 0 fully saturated rings. The van der Waals surface area contributed by atoms with Gasteiger partial charge in [-0.15, -0.1) is 0 Å². The summed E-state index contributed by atoms with van der Waals surface area (Å²) < 4.78 is 33.2. The second-order valence-electron chi connectivity index (χ2n) is 25.5. The highest BCUT2D eigenvalue weighted by Crippen LogP contribution is 2.43. The topological polar surface area (TPSA) is 134 Å². The Morgan fingerprint density at radius 2 is 0.632 bits per heavy atom. The minimum Gasteiger partial charge on any atom is -0.462 e. The minimum atomic E-state index is -4.39. The van der Waals surface area contributed by atoms with Crippen LogP contribution in [0, 0.1) is 0 Å². The molecule has 2 unspecified atom stereocenters. The van der Waals surface area contributed by atoms with Crippen LogP contribution in [0.2, 0.25) is 0 Å². The summed E-state index contributed by atoms with van der Waals surface area (Å²) in [6, 6.07) is 0. The van der Waals surface area contributed by atoms with E-state index in [0.717, 1.165) is 64.2 Å². The second kappa shape index (κ2) is 72.8. The number of nitrogens with two attached hydrogens (primary N) is 1. The summed E-state index contributed by atoms with van der Waals surface area (Å²) in [5.41, 5.74) is 5.41. The summed E-state index contributed by atoms with van der Waals surface area (Å²) in [5, 5.41) is 0. The van der Waals surface area contributed by atoms with E-state index in [1.807, 2.05) is 0 Å². The van der Waals surface area contributed by atoms with Gasteiger partial charge in [0.15, 0.2) is 6.10 Å². The highest BCUT2D eigenvalue weighted by Gasteiger charge is 2.26. The third-order valence-corrected chi connectivity index (χ3v) is 17.9. The van der Waals surface area contributed by atoms with Gasteiger partial charge in [0.05, 0.1) is 13.2 Å². The number of phosphoric ester groups is 1. The number of esters is 2. The predicted octanol–water partition coefficient (Wildman–Crippen LogP) is 25.0. The standard InChI is InChI=1S/C77H144NO8P/c1-3-5-7-9-11-13-15-17-19-21-23-25-27-29-30-31-32-33-34-35-36-37-38-39-40-41-42-43-44-46-47-49-51-53-55-57-59-61-63-65-67-69-76(79)83-73-75(74-85-87(81,82)84-72-71-78)86-77(80)70-68-66-64-62-60-58-56-54-52-50-48-45-28-26-24-22-20-18-16-14-12-10-8-6-4-2/h6,8,12,14,18,20-21,23-24,26,75H,3-5,7,9-11,13,15-17,19,22,25,27-74,78H2,1-2H3,(H,81,82)/b8-6-,14-12-,20-18-,23-21-,26-24-. The Labute approximate surface area is 539 Å². The van der Waals surface area contributed by atoms with E-state index >= 15 is 0 Å². The molecule has 2 atom stereocenters. The number of ether oxygens (including phenoxy) is 2. The van der Waals surface area contributed by atoms with Crippen molar-refractivity contribution in [1.82, 2.24) is 0 Å². The van der Waals surface area contributed by atoms with E-state index in [4.69, 9.17) is 24.3 Å². The molecule has 0 rings (SSSR count). The zero-order chi connectivity index (χ0) is 63.0. The van der Waals surface area contributed by atoms with Gasteiger partial charge in [0.25, 0.3) is 0 Å². The molecule has 0 aliphatic heterocycles. The van der Waals surface area contributed by atoms with Crippen LogP contribution in [0.15, 0.2) is 60.8 Å². The van der Waals surface area contributed by atoms with Crippen LogP contribution >= 0.6 is 7.82 Å². The van der Waals surface area contributed by atoms with E-state index < -0.39 is 26.5 Å². The lowest BCUT2D eigenvalue weighted by Crippen LogP contribution is -2.29. The molecule has 0 amide bonds. The first-order valence-corrected chi connectivity index (χ1v) is 39.3. The highest BCUT2D eigenvalue weighted by molar-refractivity contribution is 7.47. The Balaban J connectivity index is 3.74. The van der Waals surface area contributed by atoms with Crippen molar-refractivity contribution in [2.24, 2.45) is 5.73 Å². The van der Waals surface area contributed by atoms with Gasteiger partial charge >= 0.3 is 19.8 Å². The molecular weight excluding hydrogens is 1100 g/mol. The lowest BCUT2D eigenvalue weighted by Gasteiger charge is -2.19. The quantitative estimate of drug-likeness (QED) is 0.0264. The summed E-state index contributed by atoms with van der Waals surface area (Å²) in [6.45, 7) is 3.69. The molecule has 10 heteroatoms. The molecule has 0 saturated carbocycles. The molecule has 0 aromatic rings. The maximum absolute atomic E-state index is 12.8. The number of phosphoric acid groups is 1. The van der Waals surface area contributed by atoms with Gasteiger partial charge in [-0.05, 0) is 77.0 Å². The Kier molecular flexibility index (Phi) is 70.9. The number of unbranched alkanes of at least 4 members (excludes halogenated alkanes) is 49. The first-order valence-electron chi connectivity index (χ1n) is 37.8. The van der Waals surface area contributed by atoms with Crippen molar-refractivity contribution >= 4 is 19.8 Å². The summed E-state index contributed by atoms with van der Waals surface area (Å²) in [7, 11) is -4.39. The van der Waals surface area contributed by atoms with Crippen molar-refractivity contribution in [3.05, 3.63) is 60.8 Å². The maximum atomic E-state index is 12.8. The lowest BCUT2D eigenvalue weighted by molar-refractivity contribution is -0.161. The Hall–Kier alpha value is -2.29. The summed E-state index contributed by atoms with van der Waals surface area (Å²) >= 11 is 0. The molecule has 510 valence electrons. The second-order valence-corrected chi connectivity index (χ2v) is 26.9. The minimum absolute atomic E-state index is 0.0534. The van der Waals surface area contributed by atoms with Gasteiger partial charge < -0.3 is 20.1 Å². The molecule has 0 heterocycles. The molecule has 87 heavy (non-hydrogen) atoms. The zero-order valence-electron chi connectivity index (χ0n) is 57.5. The van der Waals surface area contributed by atoms with Crippen molar-refractivity contribution in [1.29, 1.82) is 0 Å². The smallest absolute Gasteiger partial charge is 0.462 e. The van der Waals surface area contributed by atoms with E-state index in [2.05, 4.69) is 74.6 Å². The predicted molar refractivity (Wildman–Crippen MR) is 376 cm³/mol. The summed E-state index contributed by atoms with van der Waals surface area (Å²) in [5.74, 6) is -0.813. The number of allylic oxidation sites excluding steroid dienone is 10. The fourth-order valence-corrected chi connectivity index (χ4v) is 12.1. The van der Waals surface area contributed by atoms with Crippen molar-refractivity contribution in [3.8, 4) is 0 Å². The molecule has 9 nitrogen and oxygen atoms in total. The van der Waals surface area contributed by atoms with Crippen LogP contribution < -0.4 is 5.73 Å². The van der Waals surface area contributed by atoms with Gasteiger partial charge in [0.1, 0.15) is 6.61 Å². The first kappa shape index (κ1) is 84.7. The summed E-state index contributed by atoms with van der Waals surface area (Å²) in [6.07, 6.45) is 95.0. The van der Waals surface area contributed by atoms with Crippen LogP contribution in [0.25, 0.3) is 0 Å². The van der Waals surface area contributed by atoms with Gasteiger partial charge in [-0.3, -0.25) is 18.6 Å². The van der Waals surface area contributed by atoms with Crippen LogP contribution in [0.4, 0.5) is 0 Å². The third-order valence-electron chi connectivity index (χ3n) is 16.9. The monoisotopic (exact) mass is 1240 g/mol. The Bertz CT molecular complexity index is 1610. The molecule has 0 aromatic carbocycles. The highest BCUT2D eigenvalue weighted by atomic mass is 31.2. The molecule has 0 spiro atoms. The molecule has 0 radical (unpaired) electrons. The van der Waals surface area contributed by atoms with Crippen LogP contribution in [-0.2, 0) is 32.7 Å². The van der Waals surface area contributed by atoms with Gasteiger partial charge in [-0.25, -0.2) is 4.57 Å². The molecule has 0 bridgehead atoms. The SMILES string of the molecule is CC/C=C\C/C=C\C/C=C\C/C=C\CCCCCCCCCCCCCCC(=O)OC(COC(=O)CCCCCCCCCCCCCCCCCCCCCCCCCCCCCCC/C=C\CCCCCCCCCC)COP(=O)(O)OCCN. The van der Waals surface area contributed by atoms with E-state index in [9.17, 15) is 19.0 Å². The van der Waals surface area contributed by atoms with Crippen molar-refractivity contribution in [2.45, 2.75) is 392 Å². The fourth-order valence-electron chi connectivity index (χ4n) is 11.3. The first-order chi connectivity index (χ1) is 42.8. The number of carbonyl (C=O) groups excluding carboxylic acids is 2. The average molecular weight is 1240 g/mol. The van der Waals surface area contributed by atoms with Crippen LogP contribution in [-0.4, -0.2) is 49.3 Å². The third kappa shape index (κ3) is 72.6. The maximum Gasteiger partial charge on any atom is 0.472 e. The summed E-state index contributed by atoms with van der Waals surface area (Å²) in [4.78, 5) is 35.4. The molecule has 0 aliphatic carbocycles. The van der Waals surface area contributed by atoms with Gasteiger partial charge in [0.2, 0.25) is 0 Å². The van der Waals surface area contributed by atoms with E-state index in [0.29, 0.717) is 6.42 Å². The number of hydrogen-bond donors (Lipinski definition) is 2. The lowest BCUT2D eigenvalue weighted by atomic mass is 10.0. The van der Waals surface area contributed by atoms with Gasteiger partial charge in [-0.1, -0.05) is 357 Å². The Morgan fingerprint density at radius 3 is 0.954 bits per heavy atom. The number of carbonyl (C=O) groups is 2. The number of rotatable bonds is 72. The van der Waals surface area contributed by atoms with Crippen LogP contribution in [0.1, 0.15) is 386 Å². The molecule has 3 N–H and O–H groups in total.